The summed E-state index contributed by atoms with van der Waals surface area (Å²) in [7, 11) is 0. The van der Waals surface area contributed by atoms with E-state index in [1.54, 1.807) is 18.2 Å². The Morgan fingerprint density at radius 3 is 2.50 bits per heavy atom. The number of rotatable bonds is 2. The summed E-state index contributed by atoms with van der Waals surface area (Å²) in [5, 5.41) is 0.348. The number of hydrogen-bond acceptors (Lipinski definition) is 1. The molecule has 102 valence electrons. The van der Waals surface area contributed by atoms with Crippen LogP contribution in [0.2, 0.25) is 5.02 Å². The molecule has 0 aliphatic heterocycles. The quantitative estimate of drug-likeness (QED) is 0.601. The SMILES string of the molecule is CC(Cl)c1nc2ccc(Cl)cc2n1-c1ccc(F)cc1. The predicted molar refractivity (Wildman–Crippen MR) is 80.3 cm³/mol. The van der Waals surface area contributed by atoms with Gasteiger partial charge in [0.05, 0.1) is 16.4 Å². The molecule has 0 saturated heterocycles. The van der Waals surface area contributed by atoms with Crippen molar-refractivity contribution in [1.82, 2.24) is 9.55 Å². The number of nitrogens with zero attached hydrogens (tertiary/aromatic N) is 2. The van der Waals surface area contributed by atoms with Crippen LogP contribution < -0.4 is 0 Å². The molecular formula is C15H11Cl2FN2. The number of hydrogen-bond donors (Lipinski definition) is 0. The fraction of sp³-hybridized carbons (Fsp3) is 0.133. The maximum absolute atomic E-state index is 13.1. The average Bonchev–Trinajstić information content (AvgIpc) is 2.78. The molecule has 1 unspecified atom stereocenters. The summed E-state index contributed by atoms with van der Waals surface area (Å²) in [6, 6.07) is 11.7. The highest BCUT2D eigenvalue weighted by Crippen LogP contribution is 2.29. The van der Waals surface area contributed by atoms with Crippen LogP contribution in [0.3, 0.4) is 0 Å². The third-order valence-electron chi connectivity index (χ3n) is 3.08. The summed E-state index contributed by atoms with van der Waals surface area (Å²) in [6.45, 7) is 1.85. The van der Waals surface area contributed by atoms with Crippen LogP contribution in [0, 0.1) is 5.82 Å². The van der Waals surface area contributed by atoms with E-state index in [1.165, 1.54) is 12.1 Å². The smallest absolute Gasteiger partial charge is 0.132 e. The Labute approximate surface area is 125 Å². The minimum atomic E-state index is -0.281. The van der Waals surface area contributed by atoms with Crippen molar-refractivity contribution in [2.24, 2.45) is 0 Å². The molecule has 1 heterocycles. The zero-order chi connectivity index (χ0) is 14.3. The van der Waals surface area contributed by atoms with Crippen molar-refractivity contribution in [1.29, 1.82) is 0 Å². The molecule has 0 spiro atoms. The van der Waals surface area contributed by atoms with Gasteiger partial charge in [-0.25, -0.2) is 9.37 Å². The van der Waals surface area contributed by atoms with E-state index in [9.17, 15) is 4.39 Å². The molecule has 1 atom stereocenters. The third kappa shape index (κ3) is 2.28. The lowest BCUT2D eigenvalue weighted by atomic mass is 10.2. The molecule has 5 heteroatoms. The van der Waals surface area contributed by atoms with E-state index in [0.29, 0.717) is 10.8 Å². The van der Waals surface area contributed by atoms with Crippen LogP contribution in [-0.2, 0) is 0 Å². The van der Waals surface area contributed by atoms with Gasteiger partial charge >= 0.3 is 0 Å². The average molecular weight is 309 g/mol. The maximum Gasteiger partial charge on any atom is 0.132 e. The minimum absolute atomic E-state index is 0.272. The third-order valence-corrected chi connectivity index (χ3v) is 3.51. The second kappa shape index (κ2) is 5.08. The largest absolute Gasteiger partial charge is 0.295 e. The number of imidazole rings is 1. The molecule has 0 amide bonds. The van der Waals surface area contributed by atoms with Gasteiger partial charge in [-0.3, -0.25) is 4.57 Å². The lowest BCUT2D eigenvalue weighted by Gasteiger charge is -2.10. The Morgan fingerprint density at radius 1 is 1.15 bits per heavy atom. The van der Waals surface area contributed by atoms with E-state index in [-0.39, 0.29) is 11.2 Å². The summed E-state index contributed by atoms with van der Waals surface area (Å²) in [4.78, 5) is 4.53. The monoisotopic (exact) mass is 308 g/mol. The van der Waals surface area contributed by atoms with Crippen LogP contribution in [0.4, 0.5) is 4.39 Å². The summed E-state index contributed by atoms with van der Waals surface area (Å²) >= 11 is 12.3. The highest BCUT2D eigenvalue weighted by Gasteiger charge is 2.16. The number of halogens is 3. The highest BCUT2D eigenvalue weighted by molar-refractivity contribution is 6.31. The summed E-state index contributed by atoms with van der Waals surface area (Å²) < 4.78 is 15.0. The lowest BCUT2D eigenvalue weighted by molar-refractivity contribution is 0.627. The van der Waals surface area contributed by atoms with Crippen LogP contribution in [0.25, 0.3) is 16.7 Å². The van der Waals surface area contributed by atoms with Crippen LogP contribution in [-0.4, -0.2) is 9.55 Å². The zero-order valence-electron chi connectivity index (χ0n) is 10.6. The molecule has 2 aromatic carbocycles. The van der Waals surface area contributed by atoms with Crippen molar-refractivity contribution < 1.29 is 4.39 Å². The first-order chi connectivity index (χ1) is 9.56. The summed E-state index contributed by atoms with van der Waals surface area (Å²) in [5.41, 5.74) is 2.46. The van der Waals surface area contributed by atoms with Gasteiger partial charge in [0.25, 0.3) is 0 Å². The Bertz CT molecular complexity index is 763. The van der Waals surface area contributed by atoms with E-state index in [0.717, 1.165) is 16.7 Å². The molecule has 20 heavy (non-hydrogen) atoms. The number of benzene rings is 2. The first kappa shape index (κ1) is 13.4. The molecule has 2 nitrogen and oxygen atoms in total. The molecular weight excluding hydrogens is 298 g/mol. The predicted octanol–water partition coefficient (Wildman–Crippen LogP) is 5.12. The van der Waals surface area contributed by atoms with Gasteiger partial charge in [-0.2, -0.15) is 0 Å². The van der Waals surface area contributed by atoms with Crippen molar-refractivity contribution in [3.8, 4) is 5.69 Å². The minimum Gasteiger partial charge on any atom is -0.295 e. The van der Waals surface area contributed by atoms with Crippen LogP contribution in [0.5, 0.6) is 0 Å². The number of alkyl halides is 1. The van der Waals surface area contributed by atoms with Crippen molar-refractivity contribution in [2.75, 3.05) is 0 Å². The van der Waals surface area contributed by atoms with Gasteiger partial charge in [-0.05, 0) is 49.4 Å². The summed E-state index contributed by atoms with van der Waals surface area (Å²) in [6.07, 6.45) is 0. The van der Waals surface area contributed by atoms with Crippen molar-refractivity contribution in [3.05, 3.63) is 59.1 Å². The fourth-order valence-corrected chi connectivity index (χ4v) is 2.51. The fourth-order valence-electron chi connectivity index (χ4n) is 2.20. The van der Waals surface area contributed by atoms with Crippen molar-refractivity contribution in [2.45, 2.75) is 12.3 Å². The second-order valence-corrected chi connectivity index (χ2v) is 5.62. The van der Waals surface area contributed by atoms with E-state index in [2.05, 4.69) is 4.98 Å². The normalized spacial score (nSPS) is 12.8. The Hall–Kier alpha value is -1.58. The molecule has 3 rings (SSSR count). The molecule has 0 aliphatic rings. The van der Waals surface area contributed by atoms with Crippen molar-refractivity contribution in [3.63, 3.8) is 0 Å². The van der Waals surface area contributed by atoms with Gasteiger partial charge in [0.2, 0.25) is 0 Å². The molecule has 0 aliphatic carbocycles. The maximum atomic E-state index is 13.1. The van der Waals surface area contributed by atoms with Gasteiger partial charge < -0.3 is 0 Å². The van der Waals surface area contributed by atoms with E-state index < -0.39 is 0 Å². The first-order valence-corrected chi connectivity index (χ1v) is 6.95. The molecule has 0 saturated carbocycles. The zero-order valence-corrected chi connectivity index (χ0v) is 12.2. The Morgan fingerprint density at radius 2 is 1.85 bits per heavy atom. The van der Waals surface area contributed by atoms with Gasteiger partial charge in [0.1, 0.15) is 11.6 Å². The first-order valence-electron chi connectivity index (χ1n) is 6.14. The lowest BCUT2D eigenvalue weighted by Crippen LogP contribution is -2.01. The van der Waals surface area contributed by atoms with Gasteiger partial charge in [-0.15, -0.1) is 11.6 Å². The van der Waals surface area contributed by atoms with Crippen LogP contribution >= 0.6 is 23.2 Å². The molecule has 1 aromatic heterocycles. The molecule has 0 radical (unpaired) electrons. The second-order valence-electron chi connectivity index (χ2n) is 4.53. The molecule has 0 fully saturated rings. The molecule has 3 aromatic rings. The van der Waals surface area contributed by atoms with Gasteiger partial charge in [0, 0.05) is 10.7 Å². The Balaban J connectivity index is 2.33. The van der Waals surface area contributed by atoms with E-state index in [1.807, 2.05) is 23.6 Å². The highest BCUT2D eigenvalue weighted by atomic mass is 35.5. The molecule has 0 bridgehead atoms. The van der Waals surface area contributed by atoms with Crippen molar-refractivity contribution >= 4 is 34.2 Å². The van der Waals surface area contributed by atoms with E-state index >= 15 is 0 Å². The number of aromatic nitrogens is 2. The van der Waals surface area contributed by atoms with E-state index in [4.69, 9.17) is 23.2 Å². The standard InChI is InChI=1S/C15H11Cl2FN2/c1-9(16)15-19-13-7-2-10(17)8-14(13)20(15)12-5-3-11(18)4-6-12/h2-9H,1H3. The number of fused-ring (bicyclic) bond motifs is 1. The van der Waals surface area contributed by atoms with Crippen LogP contribution in [0.15, 0.2) is 42.5 Å². The molecule has 0 N–H and O–H groups in total. The summed E-state index contributed by atoms with van der Waals surface area (Å²) in [5.74, 6) is 0.423. The topological polar surface area (TPSA) is 17.8 Å². The Kier molecular flexibility index (Phi) is 3.40. The van der Waals surface area contributed by atoms with Gasteiger partial charge in [-0.1, -0.05) is 11.6 Å². The van der Waals surface area contributed by atoms with Gasteiger partial charge in [0.15, 0.2) is 0 Å². The van der Waals surface area contributed by atoms with Crippen LogP contribution in [0.1, 0.15) is 18.1 Å².